The van der Waals surface area contributed by atoms with Gasteiger partial charge in [0.2, 0.25) is 0 Å². The highest BCUT2D eigenvalue weighted by atomic mass is 16.5. The van der Waals surface area contributed by atoms with Crippen LogP contribution in [-0.2, 0) is 4.74 Å². The van der Waals surface area contributed by atoms with Crippen LogP contribution in [0.5, 0.6) is 0 Å². The molecule has 1 fully saturated rings. The van der Waals surface area contributed by atoms with E-state index in [1.54, 1.807) is 7.11 Å². The molecule has 4 heteroatoms. The number of rotatable bonds is 6. The third-order valence-electron chi connectivity index (χ3n) is 3.96. The van der Waals surface area contributed by atoms with E-state index < -0.39 is 0 Å². The molecular weight excluding hydrogens is 228 g/mol. The van der Waals surface area contributed by atoms with Gasteiger partial charge in [-0.2, -0.15) is 0 Å². The number of methoxy groups -OCH3 is 1. The fourth-order valence-corrected chi connectivity index (χ4v) is 2.26. The Balaban J connectivity index is 2.38. The van der Waals surface area contributed by atoms with E-state index in [1.807, 2.05) is 32.7 Å². The van der Waals surface area contributed by atoms with Crippen molar-refractivity contribution in [3.05, 3.63) is 0 Å². The van der Waals surface area contributed by atoms with Crippen molar-refractivity contribution in [2.75, 3.05) is 14.2 Å². The van der Waals surface area contributed by atoms with Crippen molar-refractivity contribution in [2.45, 2.75) is 64.6 Å². The van der Waals surface area contributed by atoms with Crippen molar-refractivity contribution in [1.82, 2.24) is 10.2 Å². The molecule has 4 nitrogen and oxygen atoms in total. The van der Waals surface area contributed by atoms with Gasteiger partial charge in [-0.3, -0.25) is 0 Å². The number of carbonyl (C=O) groups excluding carboxylic acids is 1. The Morgan fingerprint density at radius 3 is 2.44 bits per heavy atom. The highest BCUT2D eigenvalue weighted by molar-refractivity contribution is 5.74. The molecule has 0 bridgehead atoms. The first-order valence-electron chi connectivity index (χ1n) is 6.85. The summed E-state index contributed by atoms with van der Waals surface area (Å²) in [5.74, 6) is 0.700. The molecule has 0 saturated heterocycles. The summed E-state index contributed by atoms with van der Waals surface area (Å²) in [7, 11) is 3.59. The average molecular weight is 256 g/mol. The minimum absolute atomic E-state index is 0.0220. The number of amides is 2. The molecule has 2 amide bonds. The van der Waals surface area contributed by atoms with Crippen LogP contribution >= 0.6 is 0 Å². The lowest BCUT2D eigenvalue weighted by atomic mass is 10.00. The van der Waals surface area contributed by atoms with Crippen LogP contribution in [0.4, 0.5) is 4.79 Å². The molecule has 106 valence electrons. The first-order chi connectivity index (χ1) is 8.26. The monoisotopic (exact) mass is 256 g/mol. The maximum Gasteiger partial charge on any atom is 0.317 e. The van der Waals surface area contributed by atoms with Crippen molar-refractivity contribution in [2.24, 2.45) is 5.92 Å². The van der Waals surface area contributed by atoms with Gasteiger partial charge in [-0.15, -0.1) is 0 Å². The van der Waals surface area contributed by atoms with Crippen LogP contribution in [0.15, 0.2) is 0 Å². The molecule has 1 saturated carbocycles. The third kappa shape index (κ3) is 4.48. The molecule has 1 rings (SSSR count). The SMILES string of the molecule is COC(C)(C)CC(C)NC(=O)N(C)C(C)C1CC1. The van der Waals surface area contributed by atoms with Crippen LogP contribution in [0.25, 0.3) is 0 Å². The fraction of sp³-hybridized carbons (Fsp3) is 0.929. The Morgan fingerprint density at radius 1 is 1.44 bits per heavy atom. The Hall–Kier alpha value is -0.770. The maximum absolute atomic E-state index is 12.1. The number of hydrogen-bond donors (Lipinski definition) is 1. The fourth-order valence-electron chi connectivity index (χ4n) is 2.26. The smallest absolute Gasteiger partial charge is 0.317 e. The van der Waals surface area contributed by atoms with Crippen LogP contribution in [0.2, 0.25) is 0 Å². The molecular formula is C14H28N2O2. The third-order valence-corrected chi connectivity index (χ3v) is 3.96. The average Bonchev–Trinajstić information content (AvgIpc) is 3.09. The first-order valence-corrected chi connectivity index (χ1v) is 6.85. The molecule has 18 heavy (non-hydrogen) atoms. The second-order valence-electron chi connectivity index (χ2n) is 6.21. The van der Waals surface area contributed by atoms with Crippen LogP contribution < -0.4 is 5.32 Å². The number of ether oxygens (including phenoxy) is 1. The van der Waals surface area contributed by atoms with Crippen molar-refractivity contribution >= 4 is 6.03 Å². The molecule has 2 atom stereocenters. The number of nitrogens with one attached hydrogen (secondary N) is 1. The van der Waals surface area contributed by atoms with E-state index in [9.17, 15) is 4.79 Å². The molecule has 0 radical (unpaired) electrons. The normalized spacial score (nSPS) is 19.2. The lowest BCUT2D eigenvalue weighted by Gasteiger charge is -2.30. The van der Waals surface area contributed by atoms with Gasteiger partial charge in [-0.25, -0.2) is 4.79 Å². The van der Waals surface area contributed by atoms with Gasteiger partial charge in [-0.05, 0) is 52.9 Å². The Bertz CT molecular complexity index is 288. The largest absolute Gasteiger partial charge is 0.379 e. The number of hydrogen-bond acceptors (Lipinski definition) is 2. The standard InChI is InChI=1S/C14H28N2O2/c1-10(9-14(3,4)18-6)15-13(17)16(5)11(2)12-7-8-12/h10-12H,7-9H2,1-6H3,(H,15,17). The summed E-state index contributed by atoms with van der Waals surface area (Å²) in [6, 6.07) is 0.475. The molecule has 1 aliphatic rings. The van der Waals surface area contributed by atoms with E-state index in [0.717, 1.165) is 6.42 Å². The Kier molecular flexibility index (Phi) is 5.02. The van der Waals surface area contributed by atoms with Gasteiger partial charge in [0, 0.05) is 26.2 Å². The van der Waals surface area contributed by atoms with Crippen LogP contribution in [0.1, 0.15) is 47.0 Å². The van der Waals surface area contributed by atoms with Gasteiger partial charge in [0.25, 0.3) is 0 Å². The van der Waals surface area contributed by atoms with Crippen LogP contribution in [0.3, 0.4) is 0 Å². The second-order valence-corrected chi connectivity index (χ2v) is 6.21. The highest BCUT2D eigenvalue weighted by Crippen LogP contribution is 2.34. The predicted molar refractivity (Wildman–Crippen MR) is 73.6 cm³/mol. The molecule has 0 aromatic carbocycles. The second kappa shape index (κ2) is 5.91. The summed E-state index contributed by atoms with van der Waals surface area (Å²) >= 11 is 0. The summed E-state index contributed by atoms with van der Waals surface area (Å²) in [6.07, 6.45) is 3.32. The van der Waals surface area contributed by atoms with Crippen molar-refractivity contribution < 1.29 is 9.53 Å². The summed E-state index contributed by atoms with van der Waals surface area (Å²) in [4.78, 5) is 13.9. The Labute approximate surface area is 111 Å². The zero-order chi connectivity index (χ0) is 13.9. The van der Waals surface area contributed by atoms with E-state index in [2.05, 4.69) is 12.2 Å². The van der Waals surface area contributed by atoms with Crippen molar-refractivity contribution in [1.29, 1.82) is 0 Å². The van der Waals surface area contributed by atoms with E-state index in [4.69, 9.17) is 4.74 Å². The Morgan fingerprint density at radius 2 is 2.00 bits per heavy atom. The van der Waals surface area contributed by atoms with Gasteiger partial charge >= 0.3 is 6.03 Å². The molecule has 2 unspecified atom stereocenters. The number of nitrogens with zero attached hydrogens (tertiary/aromatic N) is 1. The topological polar surface area (TPSA) is 41.6 Å². The highest BCUT2D eigenvalue weighted by Gasteiger charge is 2.33. The molecule has 1 aliphatic carbocycles. The van der Waals surface area contributed by atoms with E-state index in [0.29, 0.717) is 12.0 Å². The maximum atomic E-state index is 12.1. The minimum Gasteiger partial charge on any atom is -0.379 e. The molecule has 0 aromatic heterocycles. The van der Waals surface area contributed by atoms with Gasteiger partial charge in [0.1, 0.15) is 0 Å². The zero-order valence-corrected chi connectivity index (χ0v) is 12.6. The van der Waals surface area contributed by atoms with Gasteiger partial charge in [0.15, 0.2) is 0 Å². The molecule has 0 spiro atoms. The van der Waals surface area contributed by atoms with Gasteiger partial charge < -0.3 is 15.0 Å². The summed E-state index contributed by atoms with van der Waals surface area (Å²) in [5.41, 5.74) is -0.201. The molecule has 0 heterocycles. The predicted octanol–water partition coefficient (Wildman–Crippen LogP) is 2.63. The quantitative estimate of drug-likeness (QED) is 0.793. The summed E-state index contributed by atoms with van der Waals surface area (Å²) in [6.45, 7) is 8.22. The van der Waals surface area contributed by atoms with Crippen LogP contribution in [-0.4, -0.2) is 42.8 Å². The molecule has 0 aliphatic heterocycles. The van der Waals surface area contributed by atoms with Gasteiger partial charge in [0.05, 0.1) is 5.60 Å². The number of urea groups is 1. The van der Waals surface area contributed by atoms with Gasteiger partial charge in [-0.1, -0.05) is 0 Å². The molecule has 1 N–H and O–H groups in total. The van der Waals surface area contributed by atoms with Crippen LogP contribution in [0, 0.1) is 5.92 Å². The summed E-state index contributed by atoms with van der Waals surface area (Å²) < 4.78 is 5.38. The molecule has 0 aromatic rings. The van der Waals surface area contributed by atoms with E-state index >= 15 is 0 Å². The first kappa shape index (κ1) is 15.3. The van der Waals surface area contributed by atoms with E-state index in [-0.39, 0.29) is 17.7 Å². The number of carbonyl (C=O) groups is 1. The summed E-state index contributed by atoms with van der Waals surface area (Å²) in [5, 5.41) is 3.04. The van der Waals surface area contributed by atoms with Crippen molar-refractivity contribution in [3.8, 4) is 0 Å². The zero-order valence-electron chi connectivity index (χ0n) is 12.6. The minimum atomic E-state index is -0.201. The van der Waals surface area contributed by atoms with Crippen molar-refractivity contribution in [3.63, 3.8) is 0 Å². The lowest BCUT2D eigenvalue weighted by Crippen LogP contribution is -2.48. The lowest BCUT2D eigenvalue weighted by molar-refractivity contribution is 0.00909. The van der Waals surface area contributed by atoms with E-state index in [1.165, 1.54) is 12.8 Å².